The summed E-state index contributed by atoms with van der Waals surface area (Å²) in [5.41, 5.74) is 1.56. The van der Waals surface area contributed by atoms with E-state index in [1.165, 1.54) is 14.2 Å². The summed E-state index contributed by atoms with van der Waals surface area (Å²) < 4.78 is 10.4. The number of benzene rings is 2. The van der Waals surface area contributed by atoms with Crippen molar-refractivity contribution in [1.82, 2.24) is 5.32 Å². The highest BCUT2D eigenvalue weighted by atomic mass is 35.5. The van der Waals surface area contributed by atoms with E-state index < -0.39 is 0 Å². The van der Waals surface area contributed by atoms with Crippen LogP contribution in [0.5, 0.6) is 11.5 Å². The predicted octanol–water partition coefficient (Wildman–Crippen LogP) is 3.74. The van der Waals surface area contributed by atoms with Crippen LogP contribution < -0.4 is 20.1 Å². The number of rotatable bonds is 7. The zero-order chi connectivity index (χ0) is 17.5. The van der Waals surface area contributed by atoms with Crippen LogP contribution in [0, 0.1) is 0 Å². The molecule has 2 N–H and O–H groups in total. The molecule has 2 rings (SSSR count). The molecule has 2 aromatic carbocycles. The summed E-state index contributed by atoms with van der Waals surface area (Å²) in [6, 6.07) is 10.6. The summed E-state index contributed by atoms with van der Waals surface area (Å²) in [5.74, 6) is 0.905. The van der Waals surface area contributed by atoms with Crippen LogP contribution in [0.3, 0.4) is 0 Å². The molecule has 0 unspecified atom stereocenters. The molecular formula is C17H18Cl2N2O3. The zero-order valence-electron chi connectivity index (χ0n) is 13.4. The van der Waals surface area contributed by atoms with Gasteiger partial charge in [-0.3, -0.25) is 4.79 Å². The van der Waals surface area contributed by atoms with Crippen LogP contribution in [0.4, 0.5) is 5.69 Å². The monoisotopic (exact) mass is 368 g/mol. The standard InChI is InChI=1S/C17H18Cl2N2O3/c1-23-15-7-13(19)14(8-16(15)24-2)20-10-17(22)21-9-11-3-5-12(18)6-4-11/h3-8,20H,9-10H2,1-2H3,(H,21,22). The van der Waals surface area contributed by atoms with Crippen LogP contribution in [0.1, 0.15) is 5.56 Å². The average Bonchev–Trinajstić information content (AvgIpc) is 2.59. The maximum absolute atomic E-state index is 11.9. The van der Waals surface area contributed by atoms with Gasteiger partial charge in [0.05, 0.1) is 31.5 Å². The number of carbonyl (C=O) groups excluding carboxylic acids is 1. The van der Waals surface area contributed by atoms with Crippen LogP contribution in [0.15, 0.2) is 36.4 Å². The van der Waals surface area contributed by atoms with Crippen molar-refractivity contribution in [2.24, 2.45) is 0 Å². The highest BCUT2D eigenvalue weighted by molar-refractivity contribution is 6.33. The first-order chi connectivity index (χ1) is 11.5. The van der Waals surface area contributed by atoms with Gasteiger partial charge in [0.1, 0.15) is 0 Å². The Morgan fingerprint density at radius 3 is 2.29 bits per heavy atom. The van der Waals surface area contributed by atoms with Gasteiger partial charge in [0.15, 0.2) is 11.5 Å². The fraction of sp³-hybridized carbons (Fsp3) is 0.235. The van der Waals surface area contributed by atoms with Crippen molar-refractivity contribution >= 4 is 34.8 Å². The molecular weight excluding hydrogens is 351 g/mol. The quantitative estimate of drug-likeness (QED) is 0.781. The molecule has 1 amide bonds. The molecule has 7 heteroatoms. The second-order valence-electron chi connectivity index (χ2n) is 4.94. The van der Waals surface area contributed by atoms with Crippen LogP contribution in [-0.2, 0) is 11.3 Å². The number of ether oxygens (including phenoxy) is 2. The largest absolute Gasteiger partial charge is 0.493 e. The van der Waals surface area contributed by atoms with Crippen LogP contribution in [0.2, 0.25) is 10.0 Å². The van der Waals surface area contributed by atoms with Gasteiger partial charge in [-0.15, -0.1) is 0 Å². The van der Waals surface area contributed by atoms with Crippen LogP contribution in [-0.4, -0.2) is 26.7 Å². The third kappa shape index (κ3) is 4.94. The van der Waals surface area contributed by atoms with E-state index in [-0.39, 0.29) is 12.5 Å². The summed E-state index contributed by atoms with van der Waals surface area (Å²) in [7, 11) is 3.07. The highest BCUT2D eigenvalue weighted by Crippen LogP contribution is 2.35. The molecule has 24 heavy (non-hydrogen) atoms. The number of methoxy groups -OCH3 is 2. The Bertz CT molecular complexity index is 706. The molecule has 5 nitrogen and oxygen atoms in total. The summed E-state index contributed by atoms with van der Waals surface area (Å²) in [5, 5.41) is 6.90. The lowest BCUT2D eigenvalue weighted by molar-refractivity contribution is -0.119. The fourth-order valence-electron chi connectivity index (χ4n) is 2.03. The maximum atomic E-state index is 11.9. The molecule has 0 saturated carbocycles. The van der Waals surface area contributed by atoms with Gasteiger partial charge >= 0.3 is 0 Å². The van der Waals surface area contributed by atoms with E-state index in [2.05, 4.69) is 10.6 Å². The second kappa shape index (κ2) is 8.66. The molecule has 0 atom stereocenters. The Kier molecular flexibility index (Phi) is 6.58. The zero-order valence-corrected chi connectivity index (χ0v) is 14.9. The van der Waals surface area contributed by atoms with Crippen LogP contribution >= 0.6 is 23.2 Å². The first-order valence-electron chi connectivity index (χ1n) is 7.20. The van der Waals surface area contributed by atoms with E-state index in [4.69, 9.17) is 32.7 Å². The van der Waals surface area contributed by atoms with Crippen molar-refractivity contribution in [2.45, 2.75) is 6.54 Å². The fourth-order valence-corrected chi connectivity index (χ4v) is 2.38. The summed E-state index contributed by atoms with van der Waals surface area (Å²) in [6.07, 6.45) is 0. The molecule has 0 radical (unpaired) electrons. The summed E-state index contributed by atoms with van der Waals surface area (Å²) >= 11 is 12.0. The van der Waals surface area contributed by atoms with E-state index in [0.29, 0.717) is 33.8 Å². The Balaban J connectivity index is 1.90. The van der Waals surface area contributed by atoms with Gasteiger partial charge in [-0.05, 0) is 17.7 Å². The smallest absolute Gasteiger partial charge is 0.239 e. The molecule has 0 aromatic heterocycles. The minimum atomic E-state index is -0.157. The van der Waals surface area contributed by atoms with Crippen molar-refractivity contribution in [3.05, 3.63) is 52.0 Å². The van der Waals surface area contributed by atoms with E-state index >= 15 is 0 Å². The minimum absolute atomic E-state index is 0.0861. The van der Waals surface area contributed by atoms with Crippen LogP contribution in [0.25, 0.3) is 0 Å². The molecule has 0 heterocycles. The lowest BCUT2D eigenvalue weighted by Crippen LogP contribution is -2.29. The molecule has 0 aliphatic carbocycles. The molecule has 128 valence electrons. The molecule has 0 saturated heterocycles. The van der Waals surface area contributed by atoms with Gasteiger partial charge in [-0.1, -0.05) is 35.3 Å². The van der Waals surface area contributed by atoms with Crippen molar-refractivity contribution in [3.8, 4) is 11.5 Å². The van der Waals surface area contributed by atoms with Crippen molar-refractivity contribution < 1.29 is 14.3 Å². The van der Waals surface area contributed by atoms with Gasteiger partial charge in [0, 0.05) is 23.7 Å². The molecule has 0 fully saturated rings. The number of nitrogens with one attached hydrogen (secondary N) is 2. The topological polar surface area (TPSA) is 59.6 Å². The Morgan fingerprint density at radius 1 is 1.04 bits per heavy atom. The van der Waals surface area contributed by atoms with Gasteiger partial charge in [-0.2, -0.15) is 0 Å². The lowest BCUT2D eigenvalue weighted by Gasteiger charge is -2.13. The third-order valence-electron chi connectivity index (χ3n) is 3.32. The lowest BCUT2D eigenvalue weighted by atomic mass is 10.2. The predicted molar refractivity (Wildman–Crippen MR) is 96.3 cm³/mol. The number of carbonyl (C=O) groups is 1. The Labute approximate surface area is 150 Å². The molecule has 0 aliphatic heterocycles. The van der Waals surface area contributed by atoms with E-state index in [0.717, 1.165) is 5.56 Å². The highest BCUT2D eigenvalue weighted by Gasteiger charge is 2.10. The SMILES string of the molecule is COc1cc(Cl)c(NCC(=O)NCc2ccc(Cl)cc2)cc1OC. The van der Waals surface area contributed by atoms with E-state index in [1.54, 1.807) is 24.3 Å². The minimum Gasteiger partial charge on any atom is -0.493 e. The van der Waals surface area contributed by atoms with Gasteiger partial charge in [-0.25, -0.2) is 0 Å². The molecule has 0 bridgehead atoms. The number of hydrogen-bond donors (Lipinski definition) is 2. The number of amides is 1. The number of halogens is 2. The van der Waals surface area contributed by atoms with E-state index in [9.17, 15) is 4.79 Å². The van der Waals surface area contributed by atoms with Crippen molar-refractivity contribution in [1.29, 1.82) is 0 Å². The molecule has 2 aromatic rings. The van der Waals surface area contributed by atoms with Crippen molar-refractivity contribution in [3.63, 3.8) is 0 Å². The first kappa shape index (κ1) is 18.2. The summed E-state index contributed by atoms with van der Waals surface area (Å²) in [4.78, 5) is 11.9. The average molecular weight is 369 g/mol. The second-order valence-corrected chi connectivity index (χ2v) is 5.79. The molecule has 0 aliphatic rings. The van der Waals surface area contributed by atoms with Gasteiger partial charge < -0.3 is 20.1 Å². The maximum Gasteiger partial charge on any atom is 0.239 e. The van der Waals surface area contributed by atoms with Gasteiger partial charge in [0.2, 0.25) is 5.91 Å². The third-order valence-corrected chi connectivity index (χ3v) is 3.88. The normalized spacial score (nSPS) is 10.2. The van der Waals surface area contributed by atoms with Gasteiger partial charge in [0.25, 0.3) is 0 Å². The first-order valence-corrected chi connectivity index (χ1v) is 7.95. The number of anilines is 1. The van der Waals surface area contributed by atoms with Crippen molar-refractivity contribution in [2.75, 3.05) is 26.1 Å². The molecule has 0 spiro atoms. The Morgan fingerprint density at radius 2 is 1.67 bits per heavy atom. The van der Waals surface area contributed by atoms with E-state index in [1.807, 2.05) is 12.1 Å². The summed E-state index contributed by atoms with van der Waals surface area (Å²) in [6.45, 7) is 0.514. The number of hydrogen-bond acceptors (Lipinski definition) is 4. The Hall–Kier alpha value is -2.11.